The Bertz CT molecular complexity index is 908. The van der Waals surface area contributed by atoms with Crippen LogP contribution in [0.5, 0.6) is 0 Å². The molecule has 0 atom stereocenters. The summed E-state index contributed by atoms with van der Waals surface area (Å²) < 4.78 is 10.1. The number of hydrogen-bond acceptors (Lipinski definition) is 7. The maximum absolute atomic E-state index is 12.2. The fourth-order valence-electron chi connectivity index (χ4n) is 2.55. The van der Waals surface area contributed by atoms with E-state index in [2.05, 4.69) is 15.6 Å². The number of carbonyl (C=O) groups excluding carboxylic acids is 2. The summed E-state index contributed by atoms with van der Waals surface area (Å²) >= 11 is 0. The van der Waals surface area contributed by atoms with Crippen LogP contribution < -0.4 is 10.6 Å². The molecule has 153 valence electrons. The van der Waals surface area contributed by atoms with Gasteiger partial charge in [-0.1, -0.05) is 12.2 Å². The van der Waals surface area contributed by atoms with Crippen molar-refractivity contribution in [2.45, 2.75) is 0 Å². The number of carbonyl (C=O) groups is 2. The molecule has 2 aliphatic rings. The molecule has 0 saturated carbocycles. The number of allylic oxidation sites excluding steroid dienone is 8. The van der Waals surface area contributed by atoms with E-state index in [-0.39, 0.29) is 40.2 Å². The summed E-state index contributed by atoms with van der Waals surface area (Å²) in [5.41, 5.74) is 1.53. The Labute approximate surface area is 179 Å². The van der Waals surface area contributed by atoms with Gasteiger partial charge in [0.2, 0.25) is 11.6 Å². The van der Waals surface area contributed by atoms with Crippen molar-refractivity contribution in [1.82, 2.24) is 4.98 Å². The minimum atomic E-state index is -0.220. The second-order valence-corrected chi connectivity index (χ2v) is 5.73. The maximum Gasteiger partial charge on any atom is 0.228 e. The van der Waals surface area contributed by atoms with E-state index in [1.807, 2.05) is 0 Å². The summed E-state index contributed by atoms with van der Waals surface area (Å²) in [6.45, 7) is 0. The standard InChI is InChI=1S/C21H19N3O4.Cu/c1-27-17-9-3-6-14(19(17)25)12-23-16-8-5-11-22-21(16)24-13-15-7-4-10-18(28-2)20(15)26;/h3-13,23H,1-2H3,(H,22,24);/b14-12-,15-13-;. The Balaban J connectivity index is 0.00000300. The fraction of sp³-hybridized carbons (Fsp3) is 0.0952. The number of hydrogen-bond donors (Lipinski definition) is 2. The van der Waals surface area contributed by atoms with Crippen LogP contribution in [0.1, 0.15) is 0 Å². The summed E-state index contributed by atoms with van der Waals surface area (Å²) in [5.74, 6) is 0.603. The molecule has 2 N–H and O–H groups in total. The minimum Gasteiger partial charge on any atom is -0.493 e. The Kier molecular flexibility index (Phi) is 7.77. The van der Waals surface area contributed by atoms with Crippen LogP contribution in [0.25, 0.3) is 0 Å². The number of aromatic nitrogens is 1. The van der Waals surface area contributed by atoms with Crippen LogP contribution in [0.3, 0.4) is 0 Å². The number of ether oxygens (including phenoxy) is 2. The quantitative estimate of drug-likeness (QED) is 0.519. The number of ketones is 2. The molecule has 3 rings (SSSR count). The van der Waals surface area contributed by atoms with E-state index < -0.39 is 0 Å². The zero-order valence-corrected chi connectivity index (χ0v) is 16.7. The molecule has 0 unspecified atom stereocenters. The summed E-state index contributed by atoms with van der Waals surface area (Å²) in [4.78, 5) is 28.7. The summed E-state index contributed by atoms with van der Waals surface area (Å²) in [7, 11) is 2.91. The topological polar surface area (TPSA) is 89.5 Å². The van der Waals surface area contributed by atoms with E-state index >= 15 is 0 Å². The van der Waals surface area contributed by atoms with Crippen molar-refractivity contribution < 1.29 is 36.1 Å². The molecule has 0 aromatic carbocycles. The summed E-state index contributed by atoms with van der Waals surface area (Å²) in [6.07, 6.45) is 14.8. The second kappa shape index (κ2) is 10.3. The number of nitrogens with one attached hydrogen (secondary N) is 2. The van der Waals surface area contributed by atoms with Gasteiger partial charge in [0.25, 0.3) is 0 Å². The molecule has 0 amide bonds. The molecule has 1 heterocycles. The first-order chi connectivity index (χ1) is 13.6. The van der Waals surface area contributed by atoms with Crippen molar-refractivity contribution in [1.29, 1.82) is 0 Å². The Hall–Kier alpha value is -3.35. The number of pyridine rings is 1. The van der Waals surface area contributed by atoms with Gasteiger partial charge in [-0.05, 0) is 36.4 Å². The van der Waals surface area contributed by atoms with Crippen molar-refractivity contribution >= 4 is 23.1 Å². The summed E-state index contributed by atoms with van der Waals surface area (Å²) in [5, 5.41) is 6.08. The van der Waals surface area contributed by atoms with E-state index in [1.54, 1.807) is 67.2 Å². The molecular weight excluding hydrogens is 422 g/mol. The van der Waals surface area contributed by atoms with Crippen molar-refractivity contribution in [3.05, 3.63) is 89.9 Å². The van der Waals surface area contributed by atoms with Crippen LogP contribution in [0.2, 0.25) is 0 Å². The third-order valence-corrected chi connectivity index (χ3v) is 4.01. The van der Waals surface area contributed by atoms with Crippen molar-refractivity contribution in [3.63, 3.8) is 0 Å². The average molecular weight is 441 g/mol. The first-order valence-corrected chi connectivity index (χ1v) is 8.46. The maximum atomic E-state index is 12.2. The molecule has 1 aromatic rings. The zero-order chi connectivity index (χ0) is 19.9. The molecule has 0 aliphatic heterocycles. The minimum absolute atomic E-state index is 0. The number of Topliss-reactive ketones (excluding diaryl/α,β-unsaturated/α-hetero) is 2. The molecule has 0 fully saturated rings. The molecule has 7 nitrogen and oxygen atoms in total. The van der Waals surface area contributed by atoms with Gasteiger partial charge in [0.05, 0.1) is 19.9 Å². The van der Waals surface area contributed by atoms with Gasteiger partial charge in [-0.15, -0.1) is 0 Å². The Morgan fingerprint density at radius 1 is 0.897 bits per heavy atom. The van der Waals surface area contributed by atoms with Gasteiger partial charge in [-0.25, -0.2) is 4.98 Å². The van der Waals surface area contributed by atoms with Gasteiger partial charge in [-0.2, -0.15) is 0 Å². The molecule has 8 heteroatoms. The van der Waals surface area contributed by atoms with Crippen molar-refractivity contribution in [3.8, 4) is 0 Å². The molecule has 1 aromatic heterocycles. The van der Waals surface area contributed by atoms with Gasteiger partial charge < -0.3 is 20.1 Å². The largest absolute Gasteiger partial charge is 0.493 e. The van der Waals surface area contributed by atoms with Crippen LogP contribution in [-0.2, 0) is 36.1 Å². The number of anilines is 2. The molecule has 0 spiro atoms. The molecule has 0 bridgehead atoms. The van der Waals surface area contributed by atoms with E-state index in [1.165, 1.54) is 14.2 Å². The fourth-order valence-corrected chi connectivity index (χ4v) is 2.55. The SMILES string of the molecule is COC1=CC=C/C(=C/Nc2cccnc2N/C=C2/C=CC=C(OC)C2=O)C1=O.[Cu]. The van der Waals surface area contributed by atoms with Crippen LogP contribution in [0.15, 0.2) is 89.9 Å². The number of rotatable bonds is 6. The van der Waals surface area contributed by atoms with Crippen LogP contribution in [0, 0.1) is 0 Å². The zero-order valence-electron chi connectivity index (χ0n) is 15.7. The van der Waals surface area contributed by atoms with E-state index in [0.29, 0.717) is 22.7 Å². The van der Waals surface area contributed by atoms with Crippen LogP contribution in [0.4, 0.5) is 11.5 Å². The number of methoxy groups -OCH3 is 2. The van der Waals surface area contributed by atoms with E-state index in [9.17, 15) is 9.59 Å². The first kappa shape index (κ1) is 21.9. The number of nitrogens with zero attached hydrogens (tertiary/aromatic N) is 1. The Morgan fingerprint density at radius 3 is 2.00 bits per heavy atom. The van der Waals surface area contributed by atoms with Crippen LogP contribution >= 0.6 is 0 Å². The van der Waals surface area contributed by atoms with Gasteiger partial charge in [0.15, 0.2) is 17.3 Å². The van der Waals surface area contributed by atoms with Gasteiger partial charge in [-0.3, -0.25) is 9.59 Å². The average Bonchev–Trinajstić information content (AvgIpc) is 2.73. The molecular formula is C21H19CuN3O4. The predicted molar refractivity (Wildman–Crippen MR) is 106 cm³/mol. The first-order valence-electron chi connectivity index (χ1n) is 8.46. The van der Waals surface area contributed by atoms with Gasteiger partial charge in [0, 0.05) is 46.8 Å². The van der Waals surface area contributed by atoms with Crippen molar-refractivity contribution in [2.75, 3.05) is 24.9 Å². The van der Waals surface area contributed by atoms with E-state index in [0.717, 1.165) is 0 Å². The Morgan fingerprint density at radius 2 is 1.45 bits per heavy atom. The monoisotopic (exact) mass is 440 g/mol. The smallest absolute Gasteiger partial charge is 0.228 e. The molecule has 29 heavy (non-hydrogen) atoms. The normalized spacial score (nSPS) is 18.1. The third kappa shape index (κ3) is 5.13. The van der Waals surface area contributed by atoms with Gasteiger partial charge >= 0.3 is 0 Å². The van der Waals surface area contributed by atoms with Gasteiger partial charge in [0.1, 0.15) is 0 Å². The van der Waals surface area contributed by atoms with Crippen molar-refractivity contribution in [2.24, 2.45) is 0 Å². The molecule has 1 radical (unpaired) electrons. The third-order valence-electron chi connectivity index (χ3n) is 4.01. The van der Waals surface area contributed by atoms with Crippen LogP contribution in [-0.4, -0.2) is 30.8 Å². The van der Waals surface area contributed by atoms with E-state index in [4.69, 9.17) is 9.47 Å². The molecule has 2 aliphatic carbocycles. The summed E-state index contributed by atoms with van der Waals surface area (Å²) in [6, 6.07) is 3.56. The molecule has 0 saturated heterocycles. The second-order valence-electron chi connectivity index (χ2n) is 5.73. The predicted octanol–water partition coefficient (Wildman–Crippen LogP) is 3.01.